The van der Waals surface area contributed by atoms with Gasteiger partial charge in [0.05, 0.1) is 11.0 Å². The summed E-state index contributed by atoms with van der Waals surface area (Å²) in [6, 6.07) is 15.4. The fraction of sp³-hybridized carbons (Fsp3) is 0.409. The maximum absolute atomic E-state index is 6.11. The molecule has 3 aromatic rings. The first-order chi connectivity index (χ1) is 12.5. The number of nitrogens with zero attached hydrogens (tertiary/aromatic N) is 2. The second-order valence-corrected chi connectivity index (χ2v) is 7.91. The first-order valence-corrected chi connectivity index (χ1v) is 10.3. The summed E-state index contributed by atoms with van der Waals surface area (Å²) in [7, 11) is 0. The zero-order chi connectivity index (χ0) is 18.7. The molecule has 0 spiro atoms. The van der Waals surface area contributed by atoms with Crippen LogP contribution in [0.4, 0.5) is 0 Å². The minimum absolute atomic E-state index is 0.208. The normalized spacial score (nSPS) is 14.2. The summed E-state index contributed by atoms with van der Waals surface area (Å²) < 4.78 is 1.09. The van der Waals surface area contributed by atoms with Crippen LogP contribution in [-0.4, -0.2) is 29.0 Å². The lowest BCUT2D eigenvalue weighted by Gasteiger charge is -2.32. The molecule has 2 N–H and O–H groups in total. The topological polar surface area (TPSA) is 42.1 Å². The third-order valence-corrected chi connectivity index (χ3v) is 5.66. The zero-order valence-corrected chi connectivity index (χ0v) is 17.5. The molecule has 0 bridgehead atoms. The Balaban J connectivity index is 2.29. The molecule has 0 aliphatic carbocycles. The Kier molecular flexibility index (Phi) is 6.28. The van der Waals surface area contributed by atoms with Crippen molar-refractivity contribution in [1.29, 1.82) is 0 Å². The van der Waals surface area contributed by atoms with E-state index in [9.17, 15) is 0 Å². The lowest BCUT2D eigenvalue weighted by molar-refractivity contribution is 0.205. The minimum Gasteiger partial charge on any atom is -0.328 e. The maximum Gasteiger partial charge on any atom is 0.0713 e. The van der Waals surface area contributed by atoms with Gasteiger partial charge in [-0.2, -0.15) is 0 Å². The van der Waals surface area contributed by atoms with Crippen LogP contribution >= 0.6 is 15.9 Å². The summed E-state index contributed by atoms with van der Waals surface area (Å²) in [5, 5.41) is 2.49. The number of fused-ring (bicyclic) bond motifs is 2. The highest BCUT2D eigenvalue weighted by molar-refractivity contribution is 9.10. The van der Waals surface area contributed by atoms with Crippen molar-refractivity contribution in [2.45, 2.75) is 45.7 Å². The largest absolute Gasteiger partial charge is 0.328 e. The third-order valence-electron chi connectivity index (χ3n) is 5.17. The van der Waals surface area contributed by atoms with Crippen molar-refractivity contribution in [3.8, 4) is 0 Å². The van der Waals surface area contributed by atoms with E-state index >= 15 is 0 Å². The molecular weight excluding hydrogens is 386 g/mol. The number of rotatable bonds is 7. The van der Waals surface area contributed by atoms with Crippen LogP contribution < -0.4 is 5.73 Å². The van der Waals surface area contributed by atoms with E-state index in [1.807, 2.05) is 0 Å². The van der Waals surface area contributed by atoms with Crippen molar-refractivity contribution >= 4 is 37.7 Å². The molecule has 0 saturated heterocycles. The molecule has 0 saturated carbocycles. The lowest BCUT2D eigenvalue weighted by atomic mass is 9.91. The predicted molar refractivity (Wildman–Crippen MR) is 115 cm³/mol. The highest BCUT2D eigenvalue weighted by atomic mass is 79.9. The second-order valence-electron chi connectivity index (χ2n) is 7.00. The molecule has 0 fully saturated rings. The Morgan fingerprint density at radius 2 is 1.69 bits per heavy atom. The van der Waals surface area contributed by atoms with Gasteiger partial charge in [0.2, 0.25) is 0 Å². The molecule has 1 aromatic heterocycles. The summed E-state index contributed by atoms with van der Waals surface area (Å²) >= 11 is 3.65. The second kappa shape index (κ2) is 8.47. The number of aromatic nitrogens is 1. The van der Waals surface area contributed by atoms with E-state index in [0.29, 0.717) is 6.04 Å². The minimum atomic E-state index is 0.208. The highest BCUT2D eigenvalue weighted by Gasteiger charge is 2.23. The van der Waals surface area contributed by atoms with Gasteiger partial charge in [-0.3, -0.25) is 4.90 Å². The fourth-order valence-corrected chi connectivity index (χ4v) is 4.21. The van der Waals surface area contributed by atoms with Crippen molar-refractivity contribution in [1.82, 2.24) is 9.88 Å². The SMILES string of the molecule is CCN(CC)C(CCC(C)N)c1c2ccccc2nc2ccc(Br)cc12. The van der Waals surface area contributed by atoms with Gasteiger partial charge in [0.1, 0.15) is 0 Å². The number of pyridine rings is 1. The van der Waals surface area contributed by atoms with Gasteiger partial charge in [-0.25, -0.2) is 4.98 Å². The molecule has 0 aliphatic rings. The predicted octanol–water partition coefficient (Wildman–Crippen LogP) is 5.66. The average Bonchev–Trinajstić information content (AvgIpc) is 2.63. The van der Waals surface area contributed by atoms with Gasteiger partial charge in [-0.1, -0.05) is 48.0 Å². The molecule has 26 heavy (non-hydrogen) atoms. The van der Waals surface area contributed by atoms with Crippen LogP contribution in [0, 0.1) is 0 Å². The highest BCUT2D eigenvalue weighted by Crippen LogP contribution is 2.37. The van der Waals surface area contributed by atoms with E-state index in [1.54, 1.807) is 0 Å². The number of hydrogen-bond donors (Lipinski definition) is 1. The molecule has 2 unspecified atom stereocenters. The van der Waals surface area contributed by atoms with Gasteiger partial charge in [0.15, 0.2) is 0 Å². The van der Waals surface area contributed by atoms with Crippen LogP contribution in [0.15, 0.2) is 46.9 Å². The van der Waals surface area contributed by atoms with E-state index in [0.717, 1.165) is 41.4 Å². The molecule has 1 heterocycles. The average molecular weight is 414 g/mol. The van der Waals surface area contributed by atoms with E-state index < -0.39 is 0 Å². The van der Waals surface area contributed by atoms with Gasteiger partial charge in [-0.05, 0) is 62.7 Å². The summed E-state index contributed by atoms with van der Waals surface area (Å²) in [6.45, 7) is 8.62. The van der Waals surface area contributed by atoms with Gasteiger partial charge >= 0.3 is 0 Å². The smallest absolute Gasteiger partial charge is 0.0713 e. The van der Waals surface area contributed by atoms with Crippen molar-refractivity contribution in [3.05, 3.63) is 52.5 Å². The molecule has 3 rings (SSSR count). The quantitative estimate of drug-likeness (QED) is 0.507. The summed E-state index contributed by atoms with van der Waals surface area (Å²) in [5.74, 6) is 0. The molecule has 0 amide bonds. The van der Waals surface area contributed by atoms with Crippen molar-refractivity contribution < 1.29 is 0 Å². The van der Waals surface area contributed by atoms with Gasteiger partial charge in [0.25, 0.3) is 0 Å². The summed E-state index contributed by atoms with van der Waals surface area (Å²) in [5.41, 5.74) is 9.62. The third kappa shape index (κ3) is 3.93. The number of halogens is 1. The number of benzene rings is 2. The fourth-order valence-electron chi connectivity index (χ4n) is 3.85. The van der Waals surface area contributed by atoms with Crippen LogP contribution in [0.2, 0.25) is 0 Å². The number of nitrogens with two attached hydrogens (primary N) is 1. The number of para-hydroxylation sites is 1. The molecule has 138 valence electrons. The molecule has 4 heteroatoms. The van der Waals surface area contributed by atoms with Gasteiger partial charge in [0, 0.05) is 27.3 Å². The molecule has 3 nitrogen and oxygen atoms in total. The molecule has 0 radical (unpaired) electrons. The molecule has 2 atom stereocenters. The van der Waals surface area contributed by atoms with E-state index in [1.165, 1.54) is 16.3 Å². The Morgan fingerprint density at radius 3 is 2.38 bits per heavy atom. The van der Waals surface area contributed by atoms with Crippen LogP contribution in [0.1, 0.15) is 45.2 Å². The van der Waals surface area contributed by atoms with Crippen molar-refractivity contribution in [3.63, 3.8) is 0 Å². The molecule has 2 aromatic carbocycles. The first-order valence-electron chi connectivity index (χ1n) is 9.52. The first kappa shape index (κ1) is 19.3. The number of hydrogen-bond acceptors (Lipinski definition) is 3. The standard InChI is InChI=1S/C22H28BrN3/c1-4-26(5-2)21(13-10-15(3)24)22-17-8-6-7-9-19(17)25-20-12-11-16(23)14-18(20)22/h6-9,11-12,14-15,21H,4-5,10,13,24H2,1-3H3. The maximum atomic E-state index is 6.11. The Bertz CT molecular complexity index is 887. The zero-order valence-electron chi connectivity index (χ0n) is 15.9. The summed E-state index contributed by atoms with van der Waals surface area (Å²) in [6.07, 6.45) is 2.06. The van der Waals surface area contributed by atoms with E-state index in [2.05, 4.69) is 84.1 Å². The van der Waals surface area contributed by atoms with Gasteiger partial charge < -0.3 is 5.73 Å². The van der Waals surface area contributed by atoms with Crippen LogP contribution in [0.5, 0.6) is 0 Å². The van der Waals surface area contributed by atoms with Crippen LogP contribution in [-0.2, 0) is 0 Å². The molecular formula is C22H28BrN3. The van der Waals surface area contributed by atoms with E-state index in [-0.39, 0.29) is 6.04 Å². The Morgan fingerprint density at radius 1 is 1.00 bits per heavy atom. The van der Waals surface area contributed by atoms with Crippen molar-refractivity contribution in [2.24, 2.45) is 5.73 Å². The van der Waals surface area contributed by atoms with Crippen LogP contribution in [0.3, 0.4) is 0 Å². The lowest BCUT2D eigenvalue weighted by Crippen LogP contribution is -2.30. The monoisotopic (exact) mass is 413 g/mol. The summed E-state index contributed by atoms with van der Waals surface area (Å²) in [4.78, 5) is 7.45. The van der Waals surface area contributed by atoms with Crippen molar-refractivity contribution in [2.75, 3.05) is 13.1 Å². The Labute approximate surface area is 164 Å². The Hall–Kier alpha value is -1.49. The van der Waals surface area contributed by atoms with Gasteiger partial charge in [-0.15, -0.1) is 0 Å². The van der Waals surface area contributed by atoms with E-state index in [4.69, 9.17) is 10.7 Å². The molecule has 0 aliphatic heterocycles. The van der Waals surface area contributed by atoms with Crippen LogP contribution in [0.25, 0.3) is 21.8 Å².